The summed E-state index contributed by atoms with van der Waals surface area (Å²) in [6.07, 6.45) is 2.93. The molecule has 8 heteroatoms. The Hall–Kier alpha value is -3.42. The standard InChI is InChI=1S/C21H21F2N3O3/c1-3-28-18-12-14(8-10-17(18)29-21(22)23)9-11-20(27)24-13-19-25-15-6-4-5-7-16(15)26(19)2/h4-12,21H,3,13H2,1-2H3,(H,24,27)/b11-9+. The molecule has 0 radical (unpaired) electrons. The lowest BCUT2D eigenvalue weighted by atomic mass is 10.2. The molecule has 0 unspecified atom stereocenters. The van der Waals surface area contributed by atoms with Gasteiger partial charge in [0.2, 0.25) is 5.91 Å². The Morgan fingerprint density at radius 2 is 2.03 bits per heavy atom. The minimum atomic E-state index is -2.94. The summed E-state index contributed by atoms with van der Waals surface area (Å²) in [5.74, 6) is 0.573. The van der Waals surface area contributed by atoms with Crippen molar-refractivity contribution in [3.63, 3.8) is 0 Å². The van der Waals surface area contributed by atoms with Crippen LogP contribution in [-0.4, -0.2) is 28.7 Å². The number of para-hydroxylation sites is 2. The quantitative estimate of drug-likeness (QED) is 0.582. The lowest BCUT2D eigenvalue weighted by Gasteiger charge is -2.11. The van der Waals surface area contributed by atoms with E-state index in [1.54, 1.807) is 19.1 Å². The second-order valence-corrected chi connectivity index (χ2v) is 6.14. The summed E-state index contributed by atoms with van der Waals surface area (Å²) in [5.41, 5.74) is 2.47. The summed E-state index contributed by atoms with van der Waals surface area (Å²) in [5, 5.41) is 2.78. The van der Waals surface area contributed by atoms with Crippen LogP contribution in [0.1, 0.15) is 18.3 Å². The molecule has 1 aromatic heterocycles. The van der Waals surface area contributed by atoms with Crippen LogP contribution in [0.2, 0.25) is 0 Å². The van der Waals surface area contributed by atoms with Gasteiger partial charge in [0.25, 0.3) is 0 Å². The third-order valence-corrected chi connectivity index (χ3v) is 4.21. The molecule has 3 aromatic rings. The molecule has 0 aliphatic heterocycles. The maximum Gasteiger partial charge on any atom is 0.387 e. The molecule has 0 saturated heterocycles. The van der Waals surface area contributed by atoms with Crippen LogP contribution >= 0.6 is 0 Å². The number of amides is 1. The normalized spacial score (nSPS) is 11.3. The number of nitrogens with zero attached hydrogens (tertiary/aromatic N) is 2. The monoisotopic (exact) mass is 401 g/mol. The molecule has 29 heavy (non-hydrogen) atoms. The lowest BCUT2D eigenvalue weighted by Crippen LogP contribution is -2.22. The number of fused-ring (bicyclic) bond motifs is 1. The highest BCUT2D eigenvalue weighted by molar-refractivity contribution is 5.91. The first-order valence-electron chi connectivity index (χ1n) is 9.06. The fraction of sp³-hybridized carbons (Fsp3) is 0.238. The smallest absolute Gasteiger partial charge is 0.387 e. The number of halogens is 2. The van der Waals surface area contributed by atoms with E-state index in [1.165, 1.54) is 18.2 Å². The Labute approximate surface area is 166 Å². The van der Waals surface area contributed by atoms with Crippen LogP contribution in [0.5, 0.6) is 11.5 Å². The first kappa shape index (κ1) is 20.3. The highest BCUT2D eigenvalue weighted by Gasteiger charge is 2.11. The fourth-order valence-electron chi connectivity index (χ4n) is 2.84. The van der Waals surface area contributed by atoms with E-state index >= 15 is 0 Å². The van der Waals surface area contributed by atoms with Crippen molar-refractivity contribution in [1.29, 1.82) is 0 Å². The fourth-order valence-corrected chi connectivity index (χ4v) is 2.84. The van der Waals surface area contributed by atoms with E-state index in [2.05, 4.69) is 15.0 Å². The first-order chi connectivity index (χ1) is 14.0. The second kappa shape index (κ2) is 9.18. The predicted molar refractivity (Wildman–Crippen MR) is 106 cm³/mol. The minimum absolute atomic E-state index is 0.0506. The number of aromatic nitrogens is 2. The van der Waals surface area contributed by atoms with Gasteiger partial charge in [0.15, 0.2) is 11.5 Å². The molecule has 3 rings (SSSR count). The third kappa shape index (κ3) is 5.10. The minimum Gasteiger partial charge on any atom is -0.490 e. The Morgan fingerprint density at radius 1 is 1.24 bits per heavy atom. The molecule has 1 N–H and O–H groups in total. The van der Waals surface area contributed by atoms with Gasteiger partial charge >= 0.3 is 6.61 Å². The largest absolute Gasteiger partial charge is 0.490 e. The number of hydrogen-bond acceptors (Lipinski definition) is 4. The van der Waals surface area contributed by atoms with E-state index in [-0.39, 0.29) is 24.0 Å². The molecule has 152 valence electrons. The molecule has 0 fully saturated rings. The van der Waals surface area contributed by atoms with Gasteiger partial charge in [-0.15, -0.1) is 0 Å². The summed E-state index contributed by atoms with van der Waals surface area (Å²) in [6, 6.07) is 12.2. The van der Waals surface area contributed by atoms with Crippen LogP contribution in [0.15, 0.2) is 48.5 Å². The van der Waals surface area contributed by atoms with E-state index in [0.29, 0.717) is 12.2 Å². The second-order valence-electron chi connectivity index (χ2n) is 6.14. The average molecular weight is 401 g/mol. The maximum atomic E-state index is 12.5. The first-order valence-corrected chi connectivity index (χ1v) is 9.06. The number of nitrogens with one attached hydrogen (secondary N) is 1. The van der Waals surface area contributed by atoms with Crippen molar-refractivity contribution in [3.8, 4) is 11.5 Å². The molecule has 0 aliphatic rings. The third-order valence-electron chi connectivity index (χ3n) is 4.21. The van der Waals surface area contributed by atoms with E-state index in [4.69, 9.17) is 4.74 Å². The number of carbonyl (C=O) groups is 1. The molecule has 0 spiro atoms. The van der Waals surface area contributed by atoms with Crippen LogP contribution < -0.4 is 14.8 Å². The Kier molecular flexibility index (Phi) is 6.43. The Bertz CT molecular complexity index is 1030. The van der Waals surface area contributed by atoms with Crippen molar-refractivity contribution < 1.29 is 23.0 Å². The molecule has 1 heterocycles. The number of rotatable bonds is 8. The van der Waals surface area contributed by atoms with Gasteiger partial charge in [-0.25, -0.2) is 4.98 Å². The van der Waals surface area contributed by atoms with E-state index in [0.717, 1.165) is 16.9 Å². The number of ether oxygens (including phenoxy) is 2. The SMILES string of the molecule is CCOc1cc(/C=C/C(=O)NCc2nc3ccccc3n2C)ccc1OC(F)F. The molecular formula is C21H21F2N3O3. The van der Waals surface area contributed by atoms with Crippen molar-refractivity contribution in [2.24, 2.45) is 7.05 Å². The van der Waals surface area contributed by atoms with Crippen molar-refractivity contribution in [3.05, 3.63) is 59.9 Å². The van der Waals surface area contributed by atoms with Gasteiger partial charge < -0.3 is 19.4 Å². The number of alkyl halides is 2. The molecule has 2 aromatic carbocycles. The van der Waals surface area contributed by atoms with Crippen LogP contribution in [0.25, 0.3) is 17.1 Å². The molecule has 0 saturated carbocycles. The number of benzene rings is 2. The summed E-state index contributed by atoms with van der Waals surface area (Å²) in [4.78, 5) is 16.6. The lowest BCUT2D eigenvalue weighted by molar-refractivity contribution is -0.116. The van der Waals surface area contributed by atoms with Crippen molar-refractivity contribution in [2.45, 2.75) is 20.1 Å². The van der Waals surface area contributed by atoms with Crippen molar-refractivity contribution >= 4 is 23.0 Å². The van der Waals surface area contributed by atoms with Crippen LogP contribution in [0, 0.1) is 0 Å². The molecule has 1 amide bonds. The summed E-state index contributed by atoms with van der Waals surface area (Å²) < 4.78 is 36.6. The number of aryl methyl sites for hydroxylation is 1. The zero-order valence-electron chi connectivity index (χ0n) is 16.1. The van der Waals surface area contributed by atoms with Gasteiger partial charge in [-0.1, -0.05) is 18.2 Å². The zero-order chi connectivity index (χ0) is 20.8. The van der Waals surface area contributed by atoms with Crippen LogP contribution in [0.4, 0.5) is 8.78 Å². The van der Waals surface area contributed by atoms with Gasteiger partial charge in [-0.2, -0.15) is 8.78 Å². The predicted octanol–water partition coefficient (Wildman–Crippen LogP) is 3.90. The topological polar surface area (TPSA) is 65.4 Å². The van der Waals surface area contributed by atoms with Crippen molar-refractivity contribution in [2.75, 3.05) is 6.61 Å². The van der Waals surface area contributed by atoms with Crippen LogP contribution in [0.3, 0.4) is 0 Å². The number of hydrogen-bond donors (Lipinski definition) is 1. The summed E-state index contributed by atoms with van der Waals surface area (Å²) >= 11 is 0. The number of imidazole rings is 1. The van der Waals surface area contributed by atoms with Crippen LogP contribution in [-0.2, 0) is 18.4 Å². The van der Waals surface area contributed by atoms with Gasteiger partial charge in [0.1, 0.15) is 5.82 Å². The van der Waals surface area contributed by atoms with Gasteiger partial charge in [0, 0.05) is 13.1 Å². The van der Waals surface area contributed by atoms with E-state index < -0.39 is 6.61 Å². The van der Waals surface area contributed by atoms with Gasteiger partial charge in [-0.3, -0.25) is 4.79 Å². The van der Waals surface area contributed by atoms with E-state index in [1.807, 2.05) is 35.9 Å². The molecule has 0 bridgehead atoms. The van der Waals surface area contributed by atoms with Gasteiger partial charge in [-0.05, 0) is 42.8 Å². The summed E-state index contributed by atoms with van der Waals surface area (Å²) in [6.45, 7) is -0.627. The highest BCUT2D eigenvalue weighted by atomic mass is 19.3. The van der Waals surface area contributed by atoms with Gasteiger partial charge in [0.05, 0.1) is 24.2 Å². The van der Waals surface area contributed by atoms with E-state index in [9.17, 15) is 13.6 Å². The zero-order valence-corrected chi connectivity index (χ0v) is 16.1. The highest BCUT2D eigenvalue weighted by Crippen LogP contribution is 2.30. The average Bonchev–Trinajstić information content (AvgIpc) is 3.02. The molecule has 6 nitrogen and oxygen atoms in total. The number of carbonyl (C=O) groups excluding carboxylic acids is 1. The molecular weight excluding hydrogens is 380 g/mol. The maximum absolute atomic E-state index is 12.5. The Balaban J connectivity index is 1.65. The Morgan fingerprint density at radius 3 is 2.76 bits per heavy atom. The molecule has 0 aliphatic carbocycles. The van der Waals surface area contributed by atoms with Crippen molar-refractivity contribution in [1.82, 2.24) is 14.9 Å². The summed E-state index contributed by atoms with van der Waals surface area (Å²) in [7, 11) is 1.89. The molecule has 0 atom stereocenters.